The fourth-order valence-electron chi connectivity index (χ4n) is 1.75. The summed E-state index contributed by atoms with van der Waals surface area (Å²) in [7, 11) is 0. The molecule has 0 spiro atoms. The molecule has 1 heterocycles. The summed E-state index contributed by atoms with van der Waals surface area (Å²) in [6.07, 6.45) is -3.64. The number of alkyl halides is 3. The van der Waals surface area contributed by atoms with Crippen LogP contribution in [0, 0.1) is 0 Å². The van der Waals surface area contributed by atoms with Crippen molar-refractivity contribution in [2.24, 2.45) is 0 Å². The lowest BCUT2D eigenvalue weighted by Crippen LogP contribution is -2.32. The van der Waals surface area contributed by atoms with Gasteiger partial charge in [0.15, 0.2) is 0 Å². The van der Waals surface area contributed by atoms with E-state index in [1.165, 1.54) is 13.0 Å². The number of carbonyl (C=O) groups excluding carboxylic acids is 2. The summed E-state index contributed by atoms with van der Waals surface area (Å²) in [5.74, 6) is -1.51. The average molecular weight is 334 g/mol. The summed E-state index contributed by atoms with van der Waals surface area (Å²) in [4.78, 5) is 23.9. The summed E-state index contributed by atoms with van der Waals surface area (Å²) < 4.78 is 39.1. The molecule has 1 aliphatic heterocycles. The molecular formula is C12H7BrF3NO2. The number of anilines is 1. The Balaban J connectivity index is 2.59. The molecular weight excluding hydrogens is 327 g/mol. The van der Waals surface area contributed by atoms with Gasteiger partial charge in [-0.05, 0) is 25.1 Å². The van der Waals surface area contributed by atoms with Crippen molar-refractivity contribution in [3.05, 3.63) is 39.9 Å². The second-order valence-corrected chi connectivity index (χ2v) is 4.88. The summed E-state index contributed by atoms with van der Waals surface area (Å²) in [6.45, 7) is 1.38. The number of carbonyl (C=O) groups is 2. The number of benzene rings is 1. The van der Waals surface area contributed by atoms with E-state index in [2.05, 4.69) is 15.9 Å². The maximum Gasteiger partial charge on any atom is 0.418 e. The molecule has 7 heteroatoms. The lowest BCUT2D eigenvalue weighted by molar-refractivity contribution is -0.137. The first-order chi connectivity index (χ1) is 8.71. The van der Waals surface area contributed by atoms with Crippen LogP contribution in [0.2, 0.25) is 0 Å². The van der Waals surface area contributed by atoms with Crippen LogP contribution >= 0.6 is 15.9 Å². The minimum Gasteiger partial charge on any atom is -0.269 e. The van der Waals surface area contributed by atoms with Crippen molar-refractivity contribution in [3.8, 4) is 0 Å². The zero-order chi connectivity index (χ0) is 14.4. The standard InChI is InChI=1S/C12H7BrF3NO2/c1-6-4-10(18)17(11(6)19)9-3-2-7(13)5-8(9)12(14,15)16/h2-5H,1H3. The van der Waals surface area contributed by atoms with Gasteiger partial charge in [0, 0.05) is 16.1 Å². The Bertz CT molecular complexity index is 607. The molecule has 1 aromatic carbocycles. The van der Waals surface area contributed by atoms with Crippen molar-refractivity contribution >= 4 is 33.4 Å². The molecule has 3 nitrogen and oxygen atoms in total. The highest BCUT2D eigenvalue weighted by Gasteiger charge is 2.39. The van der Waals surface area contributed by atoms with Crippen LogP contribution in [0.3, 0.4) is 0 Å². The topological polar surface area (TPSA) is 37.4 Å². The van der Waals surface area contributed by atoms with Crippen molar-refractivity contribution in [1.29, 1.82) is 0 Å². The Labute approximate surface area is 114 Å². The number of hydrogen-bond donors (Lipinski definition) is 0. The first kappa shape index (κ1) is 13.8. The Morgan fingerprint density at radius 1 is 1.21 bits per heavy atom. The van der Waals surface area contributed by atoms with Gasteiger partial charge >= 0.3 is 6.18 Å². The highest BCUT2D eigenvalue weighted by molar-refractivity contribution is 9.10. The largest absolute Gasteiger partial charge is 0.418 e. The minimum atomic E-state index is -4.66. The highest BCUT2D eigenvalue weighted by Crippen LogP contribution is 2.39. The number of hydrogen-bond acceptors (Lipinski definition) is 2. The second-order valence-electron chi connectivity index (χ2n) is 3.97. The molecule has 0 saturated carbocycles. The molecule has 2 amide bonds. The molecule has 0 aromatic heterocycles. The van der Waals surface area contributed by atoms with Crippen LogP contribution in [0.15, 0.2) is 34.3 Å². The minimum absolute atomic E-state index is 0.112. The molecule has 0 atom stereocenters. The Hall–Kier alpha value is -1.63. The normalized spacial score (nSPS) is 16.1. The quantitative estimate of drug-likeness (QED) is 0.739. The van der Waals surface area contributed by atoms with Crippen LogP contribution in [0.4, 0.5) is 18.9 Å². The van der Waals surface area contributed by atoms with Gasteiger partial charge in [0.05, 0.1) is 11.3 Å². The molecule has 100 valence electrons. The predicted molar refractivity (Wildman–Crippen MR) is 65.4 cm³/mol. The van der Waals surface area contributed by atoms with Gasteiger partial charge in [-0.15, -0.1) is 0 Å². The summed E-state index contributed by atoms with van der Waals surface area (Å²) in [6, 6.07) is 3.28. The van der Waals surface area contributed by atoms with Gasteiger partial charge in [0.1, 0.15) is 0 Å². The highest BCUT2D eigenvalue weighted by atomic mass is 79.9. The molecule has 0 radical (unpaired) electrons. The second kappa shape index (κ2) is 4.48. The van der Waals surface area contributed by atoms with Gasteiger partial charge in [-0.3, -0.25) is 9.59 Å². The molecule has 1 aromatic rings. The summed E-state index contributed by atoms with van der Waals surface area (Å²) in [5, 5.41) is 0. The van der Waals surface area contributed by atoms with Gasteiger partial charge in [-0.25, -0.2) is 4.90 Å². The third-order valence-corrected chi connectivity index (χ3v) is 3.10. The molecule has 2 rings (SSSR count). The molecule has 0 N–H and O–H groups in total. The summed E-state index contributed by atoms with van der Waals surface area (Å²) >= 11 is 2.94. The molecule has 0 aliphatic carbocycles. The number of halogens is 4. The van der Waals surface area contributed by atoms with E-state index in [-0.39, 0.29) is 10.0 Å². The Morgan fingerprint density at radius 3 is 2.32 bits per heavy atom. The smallest absolute Gasteiger partial charge is 0.269 e. The van der Waals surface area contributed by atoms with Crippen molar-refractivity contribution in [2.75, 3.05) is 4.90 Å². The predicted octanol–water partition coefficient (Wildman–Crippen LogP) is 3.29. The fraction of sp³-hybridized carbons (Fsp3) is 0.167. The molecule has 0 unspecified atom stereocenters. The first-order valence-corrected chi connectivity index (χ1v) is 5.94. The molecule has 0 fully saturated rings. The van der Waals surface area contributed by atoms with Crippen molar-refractivity contribution < 1.29 is 22.8 Å². The number of imide groups is 1. The zero-order valence-electron chi connectivity index (χ0n) is 9.58. The van der Waals surface area contributed by atoms with E-state index in [1.54, 1.807) is 0 Å². The van der Waals surface area contributed by atoms with E-state index in [9.17, 15) is 22.8 Å². The lowest BCUT2D eigenvalue weighted by atomic mass is 10.1. The van der Waals surface area contributed by atoms with Crippen LogP contribution in [0.25, 0.3) is 0 Å². The van der Waals surface area contributed by atoms with Crippen LogP contribution in [0.5, 0.6) is 0 Å². The van der Waals surface area contributed by atoms with E-state index >= 15 is 0 Å². The third kappa shape index (κ3) is 2.42. The van der Waals surface area contributed by atoms with E-state index < -0.39 is 29.2 Å². The van der Waals surface area contributed by atoms with Crippen LogP contribution < -0.4 is 4.90 Å². The van der Waals surface area contributed by atoms with Crippen molar-refractivity contribution in [2.45, 2.75) is 13.1 Å². The third-order valence-electron chi connectivity index (χ3n) is 2.61. The molecule has 19 heavy (non-hydrogen) atoms. The van der Waals surface area contributed by atoms with E-state index in [0.717, 1.165) is 18.2 Å². The zero-order valence-corrected chi connectivity index (χ0v) is 11.2. The first-order valence-electron chi connectivity index (χ1n) is 5.15. The van der Waals surface area contributed by atoms with Crippen molar-refractivity contribution in [3.63, 3.8) is 0 Å². The average Bonchev–Trinajstić information content (AvgIpc) is 2.53. The van der Waals surface area contributed by atoms with Crippen molar-refractivity contribution in [1.82, 2.24) is 0 Å². The Morgan fingerprint density at radius 2 is 1.84 bits per heavy atom. The van der Waals surface area contributed by atoms with E-state index in [4.69, 9.17) is 0 Å². The number of amides is 2. The van der Waals surface area contributed by atoms with E-state index in [1.807, 2.05) is 0 Å². The summed E-state index contributed by atoms with van der Waals surface area (Å²) in [5.41, 5.74) is -1.38. The number of nitrogens with zero attached hydrogens (tertiary/aromatic N) is 1. The Kier molecular flexibility index (Phi) is 3.25. The van der Waals surface area contributed by atoms with Crippen LogP contribution in [-0.2, 0) is 15.8 Å². The maximum atomic E-state index is 12.9. The molecule has 0 bridgehead atoms. The van der Waals surface area contributed by atoms with Gasteiger partial charge in [0.2, 0.25) is 0 Å². The molecule has 1 aliphatic rings. The van der Waals surface area contributed by atoms with Crippen LogP contribution in [-0.4, -0.2) is 11.8 Å². The molecule has 0 saturated heterocycles. The lowest BCUT2D eigenvalue weighted by Gasteiger charge is -2.20. The van der Waals surface area contributed by atoms with Gasteiger partial charge in [0.25, 0.3) is 11.8 Å². The number of rotatable bonds is 1. The van der Waals surface area contributed by atoms with Gasteiger partial charge in [-0.1, -0.05) is 15.9 Å². The SMILES string of the molecule is CC1=CC(=O)N(c2ccc(Br)cc2C(F)(F)F)C1=O. The van der Waals surface area contributed by atoms with Gasteiger partial charge in [-0.2, -0.15) is 13.2 Å². The van der Waals surface area contributed by atoms with E-state index in [0.29, 0.717) is 4.90 Å². The fourth-order valence-corrected chi connectivity index (χ4v) is 2.11. The monoisotopic (exact) mass is 333 g/mol. The maximum absolute atomic E-state index is 12.9. The van der Waals surface area contributed by atoms with Crippen LogP contribution in [0.1, 0.15) is 12.5 Å². The van der Waals surface area contributed by atoms with Gasteiger partial charge < -0.3 is 0 Å².